The molecule has 1 aliphatic heterocycles. The van der Waals surface area contributed by atoms with E-state index < -0.39 is 5.41 Å². The summed E-state index contributed by atoms with van der Waals surface area (Å²) in [5, 5.41) is 3.44. The summed E-state index contributed by atoms with van der Waals surface area (Å²) in [6, 6.07) is 0. The Kier molecular flexibility index (Phi) is 5.58. The number of nitrogens with one attached hydrogen (secondary N) is 1. The number of carbonyl (C=O) groups excluding carboxylic acids is 1. The minimum Gasteiger partial charge on any atom is -0.381 e. The van der Waals surface area contributed by atoms with E-state index in [0.717, 1.165) is 12.8 Å². The number of carbonyl (C=O) groups is 1. The van der Waals surface area contributed by atoms with Crippen LogP contribution in [0, 0.1) is 5.41 Å². The number of thioether (sulfide) groups is 1. The molecule has 0 radical (unpaired) electrons. The van der Waals surface area contributed by atoms with E-state index in [9.17, 15) is 4.79 Å². The fourth-order valence-corrected chi connectivity index (χ4v) is 2.04. The molecule has 0 saturated carbocycles. The van der Waals surface area contributed by atoms with Crippen LogP contribution in [-0.4, -0.2) is 43.7 Å². The normalized spacial score (nSPS) is 21.4. The van der Waals surface area contributed by atoms with E-state index in [1.807, 2.05) is 6.26 Å². The van der Waals surface area contributed by atoms with Gasteiger partial charge in [-0.1, -0.05) is 6.92 Å². The summed E-state index contributed by atoms with van der Waals surface area (Å²) in [5.74, 6) is 0.0965. The molecule has 0 aromatic carbocycles. The zero-order valence-corrected chi connectivity index (χ0v) is 10.9. The lowest BCUT2D eigenvalue weighted by Gasteiger charge is -2.34. The summed E-state index contributed by atoms with van der Waals surface area (Å²) in [7, 11) is 0. The Hall–Kier alpha value is -0.260. The molecule has 1 amide bonds. The van der Waals surface area contributed by atoms with Crippen molar-refractivity contribution in [2.24, 2.45) is 11.1 Å². The van der Waals surface area contributed by atoms with Crippen LogP contribution in [0.4, 0.5) is 0 Å². The van der Waals surface area contributed by atoms with E-state index in [0.29, 0.717) is 31.6 Å². The highest BCUT2D eigenvalue weighted by Crippen LogP contribution is 2.29. The zero-order valence-electron chi connectivity index (χ0n) is 10.1. The van der Waals surface area contributed by atoms with Crippen LogP contribution in [0.3, 0.4) is 0 Å². The van der Waals surface area contributed by atoms with Gasteiger partial charge in [-0.25, -0.2) is 0 Å². The lowest BCUT2D eigenvalue weighted by molar-refractivity contribution is -0.135. The van der Waals surface area contributed by atoms with Gasteiger partial charge in [0.2, 0.25) is 5.91 Å². The second kappa shape index (κ2) is 6.47. The van der Waals surface area contributed by atoms with Gasteiger partial charge in [-0.3, -0.25) is 4.79 Å². The van der Waals surface area contributed by atoms with Crippen molar-refractivity contribution in [2.75, 3.05) is 32.6 Å². The number of hydrogen-bond acceptors (Lipinski definition) is 4. The molecule has 0 aliphatic carbocycles. The molecule has 0 spiro atoms. The summed E-state index contributed by atoms with van der Waals surface area (Å²) in [5.41, 5.74) is 5.36. The third kappa shape index (κ3) is 3.37. The van der Waals surface area contributed by atoms with Gasteiger partial charge in [0, 0.05) is 31.6 Å². The molecule has 1 atom stereocenters. The van der Waals surface area contributed by atoms with Crippen molar-refractivity contribution >= 4 is 17.7 Å². The standard InChI is InChI=1S/C11H22N2O2S/c1-9(16-2)7-13-10(14)11(8-12)3-5-15-6-4-11/h9H,3-8,12H2,1-2H3,(H,13,14). The maximum absolute atomic E-state index is 12.1. The molecular weight excluding hydrogens is 224 g/mol. The van der Waals surface area contributed by atoms with E-state index in [1.165, 1.54) is 0 Å². The molecule has 0 bridgehead atoms. The van der Waals surface area contributed by atoms with Crippen molar-refractivity contribution in [2.45, 2.75) is 25.0 Å². The van der Waals surface area contributed by atoms with E-state index in [4.69, 9.17) is 10.5 Å². The van der Waals surface area contributed by atoms with Gasteiger partial charge in [-0.2, -0.15) is 11.8 Å². The van der Waals surface area contributed by atoms with Gasteiger partial charge in [0.15, 0.2) is 0 Å². The monoisotopic (exact) mass is 246 g/mol. The second-order valence-corrected chi connectivity index (χ2v) is 5.63. The number of hydrogen-bond donors (Lipinski definition) is 2. The first-order chi connectivity index (χ1) is 7.64. The maximum Gasteiger partial charge on any atom is 0.227 e. The smallest absolute Gasteiger partial charge is 0.227 e. The molecule has 3 N–H and O–H groups in total. The van der Waals surface area contributed by atoms with Crippen molar-refractivity contribution < 1.29 is 9.53 Å². The summed E-state index contributed by atoms with van der Waals surface area (Å²) < 4.78 is 5.28. The van der Waals surface area contributed by atoms with Gasteiger partial charge in [0.05, 0.1) is 5.41 Å². The van der Waals surface area contributed by atoms with Crippen LogP contribution in [0.15, 0.2) is 0 Å². The van der Waals surface area contributed by atoms with Gasteiger partial charge in [0.25, 0.3) is 0 Å². The molecule has 0 aromatic rings. The van der Waals surface area contributed by atoms with E-state index in [2.05, 4.69) is 12.2 Å². The minimum absolute atomic E-state index is 0.0965. The molecule has 1 saturated heterocycles. The van der Waals surface area contributed by atoms with Gasteiger partial charge < -0.3 is 15.8 Å². The van der Waals surface area contributed by atoms with E-state index in [-0.39, 0.29) is 5.91 Å². The third-order valence-electron chi connectivity index (χ3n) is 3.27. The van der Waals surface area contributed by atoms with Crippen molar-refractivity contribution in [3.05, 3.63) is 0 Å². The third-order valence-corrected chi connectivity index (χ3v) is 4.25. The molecule has 1 fully saturated rings. The Labute approximate surface area is 102 Å². The molecule has 1 heterocycles. The zero-order chi connectivity index (χ0) is 12.0. The Balaban J connectivity index is 2.48. The van der Waals surface area contributed by atoms with E-state index in [1.54, 1.807) is 11.8 Å². The predicted molar refractivity (Wildman–Crippen MR) is 67.5 cm³/mol. The number of ether oxygens (including phenoxy) is 1. The van der Waals surface area contributed by atoms with Crippen LogP contribution in [-0.2, 0) is 9.53 Å². The van der Waals surface area contributed by atoms with Crippen molar-refractivity contribution in [1.82, 2.24) is 5.32 Å². The molecule has 4 nitrogen and oxygen atoms in total. The summed E-state index contributed by atoms with van der Waals surface area (Å²) in [6.45, 7) is 4.51. The Morgan fingerprint density at radius 1 is 1.56 bits per heavy atom. The average molecular weight is 246 g/mol. The van der Waals surface area contributed by atoms with Gasteiger partial charge in [0.1, 0.15) is 0 Å². The highest BCUT2D eigenvalue weighted by Gasteiger charge is 2.38. The molecule has 0 aromatic heterocycles. The van der Waals surface area contributed by atoms with Crippen LogP contribution in [0.25, 0.3) is 0 Å². The first kappa shape index (κ1) is 13.8. The molecule has 1 rings (SSSR count). The Morgan fingerprint density at radius 3 is 2.69 bits per heavy atom. The molecule has 1 unspecified atom stereocenters. The maximum atomic E-state index is 12.1. The van der Waals surface area contributed by atoms with E-state index >= 15 is 0 Å². The van der Waals surface area contributed by atoms with Gasteiger partial charge in [-0.05, 0) is 19.1 Å². The average Bonchev–Trinajstić information content (AvgIpc) is 2.36. The summed E-state index contributed by atoms with van der Waals surface area (Å²) >= 11 is 1.75. The molecule has 5 heteroatoms. The van der Waals surface area contributed by atoms with Crippen LogP contribution in [0.1, 0.15) is 19.8 Å². The van der Waals surface area contributed by atoms with Crippen molar-refractivity contribution in [3.8, 4) is 0 Å². The highest BCUT2D eigenvalue weighted by molar-refractivity contribution is 7.99. The van der Waals surface area contributed by atoms with Crippen LogP contribution in [0.2, 0.25) is 0 Å². The molecule has 94 valence electrons. The highest BCUT2D eigenvalue weighted by atomic mass is 32.2. The molecule has 1 aliphatic rings. The second-order valence-electron chi connectivity index (χ2n) is 4.35. The number of amides is 1. The topological polar surface area (TPSA) is 64.4 Å². The lowest BCUT2D eigenvalue weighted by Crippen LogP contribution is -2.50. The van der Waals surface area contributed by atoms with Gasteiger partial charge >= 0.3 is 0 Å². The molecular formula is C11H22N2O2S. The SMILES string of the molecule is CSC(C)CNC(=O)C1(CN)CCOCC1. The van der Waals surface area contributed by atoms with Crippen molar-refractivity contribution in [1.29, 1.82) is 0 Å². The molecule has 16 heavy (non-hydrogen) atoms. The number of nitrogens with two attached hydrogens (primary N) is 1. The largest absolute Gasteiger partial charge is 0.381 e. The van der Waals surface area contributed by atoms with Crippen molar-refractivity contribution in [3.63, 3.8) is 0 Å². The first-order valence-corrected chi connectivity index (χ1v) is 7.02. The fraction of sp³-hybridized carbons (Fsp3) is 0.909. The van der Waals surface area contributed by atoms with Crippen LogP contribution < -0.4 is 11.1 Å². The van der Waals surface area contributed by atoms with Crippen LogP contribution in [0.5, 0.6) is 0 Å². The lowest BCUT2D eigenvalue weighted by atomic mass is 9.79. The first-order valence-electron chi connectivity index (χ1n) is 5.73. The predicted octanol–water partition coefficient (Wildman–Crippen LogP) is 0.610. The Bertz CT molecular complexity index is 230. The Morgan fingerprint density at radius 2 is 2.19 bits per heavy atom. The minimum atomic E-state index is -0.392. The van der Waals surface area contributed by atoms with Gasteiger partial charge in [-0.15, -0.1) is 0 Å². The van der Waals surface area contributed by atoms with Crippen LogP contribution >= 0.6 is 11.8 Å². The fourth-order valence-electron chi connectivity index (χ4n) is 1.79. The summed E-state index contributed by atoms with van der Waals surface area (Å²) in [6.07, 6.45) is 3.52. The quantitative estimate of drug-likeness (QED) is 0.746. The summed E-state index contributed by atoms with van der Waals surface area (Å²) in [4.78, 5) is 12.1. The number of rotatable bonds is 5.